The van der Waals surface area contributed by atoms with Gasteiger partial charge in [-0.2, -0.15) is 0 Å². The number of carboxylic acid groups (broad SMARTS) is 1. The van der Waals surface area contributed by atoms with E-state index in [1.807, 2.05) is 31.2 Å². The standard InChI is InChI=1S/C17H19NO4S/c1-12-3-5-14(6-4-12)7-8-18-23(21,22)16-10-13(2)9-15(11-16)17(19)20/h3-6,9-11,18H,7-8H2,1-2H3,(H,19,20). The summed E-state index contributed by atoms with van der Waals surface area (Å²) in [6, 6.07) is 11.9. The highest BCUT2D eigenvalue weighted by molar-refractivity contribution is 7.89. The van der Waals surface area contributed by atoms with Crippen molar-refractivity contribution in [2.45, 2.75) is 25.2 Å². The smallest absolute Gasteiger partial charge is 0.335 e. The summed E-state index contributed by atoms with van der Waals surface area (Å²) in [5.74, 6) is -1.15. The van der Waals surface area contributed by atoms with Crippen LogP contribution in [0.2, 0.25) is 0 Å². The van der Waals surface area contributed by atoms with Crippen LogP contribution in [0.3, 0.4) is 0 Å². The number of benzene rings is 2. The molecule has 122 valence electrons. The molecule has 0 bridgehead atoms. The Bertz CT molecular complexity index is 811. The molecule has 0 saturated carbocycles. The van der Waals surface area contributed by atoms with Gasteiger partial charge in [-0.15, -0.1) is 0 Å². The fourth-order valence-corrected chi connectivity index (χ4v) is 3.35. The van der Waals surface area contributed by atoms with Crippen LogP contribution in [-0.4, -0.2) is 26.0 Å². The molecule has 0 amide bonds. The zero-order valence-corrected chi connectivity index (χ0v) is 13.9. The first-order valence-electron chi connectivity index (χ1n) is 7.18. The Kier molecular flexibility index (Phi) is 5.18. The Labute approximate surface area is 136 Å². The topological polar surface area (TPSA) is 83.5 Å². The first-order chi connectivity index (χ1) is 10.8. The number of aromatic carboxylic acids is 1. The molecule has 0 unspecified atom stereocenters. The fraction of sp³-hybridized carbons (Fsp3) is 0.235. The highest BCUT2D eigenvalue weighted by Crippen LogP contribution is 2.15. The minimum atomic E-state index is -3.73. The summed E-state index contributed by atoms with van der Waals surface area (Å²) >= 11 is 0. The summed E-state index contributed by atoms with van der Waals surface area (Å²) in [7, 11) is -3.73. The second-order valence-corrected chi connectivity index (χ2v) is 7.24. The van der Waals surface area contributed by atoms with E-state index in [4.69, 9.17) is 5.11 Å². The van der Waals surface area contributed by atoms with Gasteiger partial charge in [0.2, 0.25) is 10.0 Å². The van der Waals surface area contributed by atoms with E-state index in [9.17, 15) is 13.2 Å². The van der Waals surface area contributed by atoms with E-state index in [-0.39, 0.29) is 17.0 Å². The van der Waals surface area contributed by atoms with Crippen molar-refractivity contribution in [2.75, 3.05) is 6.54 Å². The van der Waals surface area contributed by atoms with Gasteiger partial charge in [0.05, 0.1) is 10.5 Å². The van der Waals surface area contributed by atoms with E-state index < -0.39 is 16.0 Å². The van der Waals surface area contributed by atoms with E-state index >= 15 is 0 Å². The molecule has 2 N–H and O–H groups in total. The van der Waals surface area contributed by atoms with Crippen molar-refractivity contribution >= 4 is 16.0 Å². The molecule has 5 nitrogen and oxygen atoms in total. The highest BCUT2D eigenvalue weighted by Gasteiger charge is 2.16. The molecular weight excluding hydrogens is 314 g/mol. The minimum absolute atomic E-state index is 0.0289. The Morgan fingerprint density at radius 1 is 1.04 bits per heavy atom. The lowest BCUT2D eigenvalue weighted by molar-refractivity contribution is 0.0696. The van der Waals surface area contributed by atoms with Crippen molar-refractivity contribution in [1.82, 2.24) is 4.72 Å². The molecular formula is C17H19NO4S. The third-order valence-corrected chi connectivity index (χ3v) is 4.87. The van der Waals surface area contributed by atoms with Crippen molar-refractivity contribution < 1.29 is 18.3 Å². The Morgan fingerprint density at radius 3 is 2.30 bits per heavy atom. The molecule has 0 aromatic heterocycles. The second kappa shape index (κ2) is 6.93. The highest BCUT2D eigenvalue weighted by atomic mass is 32.2. The van der Waals surface area contributed by atoms with Crippen molar-refractivity contribution in [3.63, 3.8) is 0 Å². The van der Waals surface area contributed by atoms with Crippen LogP contribution >= 0.6 is 0 Å². The predicted molar refractivity (Wildman–Crippen MR) is 88.2 cm³/mol. The maximum Gasteiger partial charge on any atom is 0.335 e. The van der Waals surface area contributed by atoms with E-state index in [1.165, 1.54) is 18.2 Å². The van der Waals surface area contributed by atoms with Gasteiger partial charge in [-0.25, -0.2) is 17.9 Å². The van der Waals surface area contributed by atoms with Crippen LogP contribution in [0.25, 0.3) is 0 Å². The minimum Gasteiger partial charge on any atom is -0.478 e. The van der Waals surface area contributed by atoms with Crippen LogP contribution in [0.5, 0.6) is 0 Å². The number of carbonyl (C=O) groups is 1. The molecule has 0 radical (unpaired) electrons. The number of hydrogen-bond donors (Lipinski definition) is 2. The lowest BCUT2D eigenvalue weighted by Crippen LogP contribution is -2.26. The number of carboxylic acids is 1. The van der Waals surface area contributed by atoms with Gasteiger partial charge in [-0.3, -0.25) is 0 Å². The summed E-state index contributed by atoms with van der Waals surface area (Å²) in [5.41, 5.74) is 2.73. The molecule has 0 aliphatic heterocycles. The summed E-state index contributed by atoms with van der Waals surface area (Å²) in [4.78, 5) is 11.0. The number of aryl methyl sites for hydroxylation is 2. The average molecular weight is 333 g/mol. The van der Waals surface area contributed by atoms with Crippen molar-refractivity contribution in [3.8, 4) is 0 Å². The van der Waals surface area contributed by atoms with Crippen LogP contribution in [0.4, 0.5) is 0 Å². The summed E-state index contributed by atoms with van der Waals surface area (Å²) < 4.78 is 27.1. The van der Waals surface area contributed by atoms with Gasteiger partial charge < -0.3 is 5.11 Å². The molecule has 0 aliphatic carbocycles. The lowest BCUT2D eigenvalue weighted by Gasteiger charge is -2.09. The Hall–Kier alpha value is -2.18. The molecule has 0 atom stereocenters. The number of sulfonamides is 1. The van der Waals surface area contributed by atoms with Crippen LogP contribution in [-0.2, 0) is 16.4 Å². The van der Waals surface area contributed by atoms with E-state index in [0.717, 1.165) is 11.1 Å². The first kappa shape index (κ1) is 17.2. The van der Waals surface area contributed by atoms with Crippen LogP contribution in [0.15, 0.2) is 47.4 Å². The normalized spacial score (nSPS) is 11.4. The monoisotopic (exact) mass is 333 g/mol. The van der Waals surface area contributed by atoms with Gasteiger partial charge in [-0.05, 0) is 49.6 Å². The summed E-state index contributed by atoms with van der Waals surface area (Å²) in [6.07, 6.45) is 0.567. The number of nitrogens with one attached hydrogen (secondary N) is 1. The molecule has 0 saturated heterocycles. The third kappa shape index (κ3) is 4.64. The van der Waals surface area contributed by atoms with E-state index in [0.29, 0.717) is 12.0 Å². The third-order valence-electron chi connectivity index (χ3n) is 3.43. The molecule has 2 rings (SSSR count). The fourth-order valence-electron chi connectivity index (χ4n) is 2.19. The molecule has 2 aromatic carbocycles. The van der Waals surface area contributed by atoms with Crippen molar-refractivity contribution in [3.05, 3.63) is 64.7 Å². The Morgan fingerprint density at radius 2 is 1.70 bits per heavy atom. The maximum absolute atomic E-state index is 12.3. The van der Waals surface area contributed by atoms with Crippen LogP contribution in [0, 0.1) is 13.8 Å². The Balaban J connectivity index is 2.09. The molecule has 6 heteroatoms. The zero-order valence-electron chi connectivity index (χ0n) is 13.0. The first-order valence-corrected chi connectivity index (χ1v) is 8.66. The van der Waals surface area contributed by atoms with Crippen LogP contribution in [0.1, 0.15) is 27.0 Å². The number of rotatable bonds is 6. The van der Waals surface area contributed by atoms with Gasteiger partial charge in [0, 0.05) is 6.54 Å². The maximum atomic E-state index is 12.3. The van der Waals surface area contributed by atoms with E-state index in [2.05, 4.69) is 4.72 Å². The predicted octanol–water partition coefficient (Wildman–Crippen LogP) is 2.52. The molecule has 0 aliphatic rings. The van der Waals surface area contributed by atoms with E-state index in [1.54, 1.807) is 6.92 Å². The molecule has 0 spiro atoms. The van der Waals surface area contributed by atoms with Crippen molar-refractivity contribution in [1.29, 1.82) is 0 Å². The second-order valence-electron chi connectivity index (χ2n) is 5.47. The van der Waals surface area contributed by atoms with Gasteiger partial charge in [0.25, 0.3) is 0 Å². The summed E-state index contributed by atoms with van der Waals surface area (Å²) in [5, 5.41) is 9.03. The van der Waals surface area contributed by atoms with Gasteiger partial charge in [0.1, 0.15) is 0 Å². The quantitative estimate of drug-likeness (QED) is 0.851. The molecule has 0 fully saturated rings. The van der Waals surface area contributed by atoms with Gasteiger partial charge in [-0.1, -0.05) is 29.8 Å². The SMILES string of the molecule is Cc1ccc(CCNS(=O)(=O)c2cc(C)cc(C(=O)O)c2)cc1. The van der Waals surface area contributed by atoms with Gasteiger partial charge in [0.15, 0.2) is 0 Å². The van der Waals surface area contributed by atoms with Crippen LogP contribution < -0.4 is 4.72 Å². The molecule has 23 heavy (non-hydrogen) atoms. The van der Waals surface area contributed by atoms with Crippen molar-refractivity contribution in [2.24, 2.45) is 0 Å². The largest absolute Gasteiger partial charge is 0.478 e. The van der Waals surface area contributed by atoms with Gasteiger partial charge >= 0.3 is 5.97 Å². The molecule has 2 aromatic rings. The zero-order chi connectivity index (χ0) is 17.0. The molecule has 0 heterocycles. The number of hydrogen-bond acceptors (Lipinski definition) is 3. The average Bonchev–Trinajstić information content (AvgIpc) is 2.48. The lowest BCUT2D eigenvalue weighted by atomic mass is 10.1. The summed E-state index contributed by atoms with van der Waals surface area (Å²) in [6.45, 7) is 3.91.